The molecule has 0 spiro atoms. The molecule has 1 rings (SSSR count). The van der Waals surface area contributed by atoms with E-state index in [9.17, 15) is 14.3 Å². The van der Waals surface area contributed by atoms with E-state index in [1.807, 2.05) is 0 Å². The van der Waals surface area contributed by atoms with Crippen molar-refractivity contribution in [2.45, 2.75) is 31.8 Å². The van der Waals surface area contributed by atoms with Gasteiger partial charge in [-0.1, -0.05) is 12.1 Å². The minimum absolute atomic E-state index is 0.132. The maximum atomic E-state index is 12.7. The van der Waals surface area contributed by atoms with Gasteiger partial charge in [-0.15, -0.1) is 0 Å². The molecule has 1 unspecified atom stereocenters. The molecule has 0 fully saturated rings. The first-order valence-electron chi connectivity index (χ1n) is 6.65. The molecule has 5 heteroatoms. The number of hydrogen-bond acceptors (Lipinski definition) is 3. The quantitative estimate of drug-likeness (QED) is 0.763. The largest absolute Gasteiger partial charge is 0.388 e. The Hall–Kier alpha value is -1.46. The highest BCUT2D eigenvalue weighted by molar-refractivity contribution is 5.76. The number of hydrogen-bond donors (Lipinski definition) is 2. The van der Waals surface area contributed by atoms with Gasteiger partial charge in [-0.3, -0.25) is 4.79 Å². The standard InChI is InChI=1S/C15H22FNO3/c1-15(19,9-10-20-2)11-17-14(18)8-5-12-3-6-13(16)7-4-12/h3-4,6-7,19H,5,8-11H2,1-2H3,(H,17,18). The number of methoxy groups -OCH3 is 1. The van der Waals surface area contributed by atoms with Crippen molar-refractivity contribution in [1.82, 2.24) is 5.32 Å². The number of amides is 1. The lowest BCUT2D eigenvalue weighted by Crippen LogP contribution is -2.41. The van der Waals surface area contributed by atoms with Crippen LogP contribution in [0.2, 0.25) is 0 Å². The molecule has 0 bridgehead atoms. The van der Waals surface area contributed by atoms with E-state index in [0.29, 0.717) is 25.9 Å². The monoisotopic (exact) mass is 283 g/mol. The van der Waals surface area contributed by atoms with Crippen LogP contribution in [-0.4, -0.2) is 36.9 Å². The second-order valence-electron chi connectivity index (χ2n) is 5.14. The third-order valence-electron chi connectivity index (χ3n) is 3.07. The van der Waals surface area contributed by atoms with E-state index in [4.69, 9.17) is 4.74 Å². The van der Waals surface area contributed by atoms with Gasteiger partial charge in [-0.05, 0) is 31.0 Å². The lowest BCUT2D eigenvalue weighted by molar-refractivity contribution is -0.122. The second kappa shape index (κ2) is 7.97. The van der Waals surface area contributed by atoms with Gasteiger partial charge in [-0.2, -0.15) is 0 Å². The number of rotatable bonds is 8. The smallest absolute Gasteiger partial charge is 0.220 e. The molecule has 0 saturated carbocycles. The first-order valence-corrected chi connectivity index (χ1v) is 6.65. The first kappa shape index (κ1) is 16.6. The molecule has 1 amide bonds. The van der Waals surface area contributed by atoms with Crippen molar-refractivity contribution >= 4 is 5.91 Å². The Balaban J connectivity index is 2.28. The van der Waals surface area contributed by atoms with E-state index < -0.39 is 5.60 Å². The number of aliphatic hydroxyl groups is 1. The van der Waals surface area contributed by atoms with E-state index >= 15 is 0 Å². The molecule has 20 heavy (non-hydrogen) atoms. The maximum absolute atomic E-state index is 12.7. The third-order valence-corrected chi connectivity index (χ3v) is 3.07. The lowest BCUT2D eigenvalue weighted by Gasteiger charge is -2.23. The molecule has 0 aliphatic heterocycles. The highest BCUT2D eigenvalue weighted by Crippen LogP contribution is 2.08. The summed E-state index contributed by atoms with van der Waals surface area (Å²) in [7, 11) is 1.57. The average Bonchev–Trinajstić information content (AvgIpc) is 2.42. The summed E-state index contributed by atoms with van der Waals surface area (Å²) in [4.78, 5) is 11.7. The third kappa shape index (κ3) is 6.63. The first-order chi connectivity index (χ1) is 9.43. The molecule has 0 heterocycles. The van der Waals surface area contributed by atoms with Crippen molar-refractivity contribution < 1.29 is 19.0 Å². The van der Waals surface area contributed by atoms with Crippen LogP contribution < -0.4 is 5.32 Å². The van der Waals surface area contributed by atoms with E-state index in [-0.39, 0.29) is 18.3 Å². The highest BCUT2D eigenvalue weighted by Gasteiger charge is 2.20. The van der Waals surface area contributed by atoms with Gasteiger partial charge in [0.25, 0.3) is 0 Å². The van der Waals surface area contributed by atoms with Gasteiger partial charge in [0, 0.05) is 33.1 Å². The van der Waals surface area contributed by atoms with Gasteiger partial charge in [0.2, 0.25) is 5.91 Å². The summed E-state index contributed by atoms with van der Waals surface area (Å²) in [6.45, 7) is 2.29. The van der Waals surface area contributed by atoms with E-state index in [1.54, 1.807) is 26.2 Å². The normalized spacial score (nSPS) is 13.8. The molecule has 0 aliphatic rings. The van der Waals surface area contributed by atoms with Crippen molar-refractivity contribution in [2.24, 2.45) is 0 Å². The minimum atomic E-state index is -0.971. The summed E-state index contributed by atoms with van der Waals surface area (Å²) in [6.07, 6.45) is 1.32. The summed E-state index contributed by atoms with van der Waals surface area (Å²) < 4.78 is 17.6. The zero-order valence-corrected chi connectivity index (χ0v) is 12.0. The fourth-order valence-electron chi connectivity index (χ4n) is 1.70. The molecule has 0 saturated heterocycles. The van der Waals surface area contributed by atoms with Crippen LogP contribution in [0, 0.1) is 5.82 Å². The summed E-state index contributed by atoms with van der Waals surface area (Å²) in [6, 6.07) is 6.08. The number of halogens is 1. The molecule has 112 valence electrons. The van der Waals surface area contributed by atoms with Crippen LogP contribution in [0.3, 0.4) is 0 Å². The molecular formula is C15H22FNO3. The van der Waals surface area contributed by atoms with Crippen LogP contribution in [-0.2, 0) is 16.0 Å². The number of carbonyl (C=O) groups excluding carboxylic acids is 1. The molecule has 4 nitrogen and oxygen atoms in total. The number of nitrogens with one attached hydrogen (secondary N) is 1. The predicted molar refractivity (Wildman–Crippen MR) is 74.8 cm³/mol. The van der Waals surface area contributed by atoms with Crippen LogP contribution in [0.1, 0.15) is 25.3 Å². The predicted octanol–water partition coefficient (Wildman–Crippen LogP) is 1.66. The second-order valence-corrected chi connectivity index (χ2v) is 5.14. The molecule has 0 aliphatic carbocycles. The van der Waals surface area contributed by atoms with Crippen molar-refractivity contribution in [3.8, 4) is 0 Å². The SMILES string of the molecule is COCCC(C)(O)CNC(=O)CCc1ccc(F)cc1. The van der Waals surface area contributed by atoms with Crippen molar-refractivity contribution in [2.75, 3.05) is 20.3 Å². The van der Waals surface area contributed by atoms with Gasteiger partial charge in [0.1, 0.15) is 5.82 Å². The van der Waals surface area contributed by atoms with Crippen LogP contribution in [0.5, 0.6) is 0 Å². The summed E-state index contributed by atoms with van der Waals surface area (Å²) >= 11 is 0. The molecule has 0 aromatic heterocycles. The number of ether oxygens (including phenoxy) is 1. The Morgan fingerprint density at radius 1 is 1.40 bits per heavy atom. The molecule has 1 aromatic rings. The molecular weight excluding hydrogens is 261 g/mol. The van der Waals surface area contributed by atoms with Gasteiger partial charge in [-0.25, -0.2) is 4.39 Å². The maximum Gasteiger partial charge on any atom is 0.220 e. The van der Waals surface area contributed by atoms with Gasteiger partial charge in [0.05, 0.1) is 5.60 Å². The Bertz CT molecular complexity index is 418. The summed E-state index contributed by atoms with van der Waals surface area (Å²) in [5.74, 6) is -0.417. The van der Waals surface area contributed by atoms with Crippen LogP contribution in [0.15, 0.2) is 24.3 Å². The Labute approximate surface area is 119 Å². The number of benzene rings is 1. The Morgan fingerprint density at radius 3 is 2.65 bits per heavy atom. The van der Waals surface area contributed by atoms with Crippen LogP contribution in [0.25, 0.3) is 0 Å². The number of carbonyl (C=O) groups is 1. The van der Waals surface area contributed by atoms with Gasteiger partial charge < -0.3 is 15.2 Å². The number of aryl methyl sites for hydroxylation is 1. The van der Waals surface area contributed by atoms with Crippen molar-refractivity contribution in [1.29, 1.82) is 0 Å². The van der Waals surface area contributed by atoms with Crippen molar-refractivity contribution in [3.05, 3.63) is 35.6 Å². The average molecular weight is 283 g/mol. The van der Waals surface area contributed by atoms with E-state index in [0.717, 1.165) is 5.56 Å². The van der Waals surface area contributed by atoms with Crippen molar-refractivity contribution in [3.63, 3.8) is 0 Å². The lowest BCUT2D eigenvalue weighted by atomic mass is 10.0. The fourth-order valence-corrected chi connectivity index (χ4v) is 1.70. The zero-order chi connectivity index (χ0) is 15.0. The topological polar surface area (TPSA) is 58.6 Å². The summed E-state index contributed by atoms with van der Waals surface area (Å²) in [5, 5.41) is 12.7. The van der Waals surface area contributed by atoms with Crippen LogP contribution >= 0.6 is 0 Å². The van der Waals surface area contributed by atoms with Gasteiger partial charge in [0.15, 0.2) is 0 Å². The molecule has 1 aromatic carbocycles. The summed E-state index contributed by atoms with van der Waals surface area (Å²) in [5.41, 5.74) is -0.0608. The minimum Gasteiger partial charge on any atom is -0.388 e. The van der Waals surface area contributed by atoms with E-state index in [2.05, 4.69) is 5.32 Å². The molecule has 1 atom stereocenters. The van der Waals surface area contributed by atoms with E-state index in [1.165, 1.54) is 12.1 Å². The van der Waals surface area contributed by atoms with Crippen LogP contribution in [0.4, 0.5) is 4.39 Å². The molecule has 2 N–H and O–H groups in total. The Kier molecular flexibility index (Phi) is 6.61. The highest BCUT2D eigenvalue weighted by atomic mass is 19.1. The zero-order valence-electron chi connectivity index (χ0n) is 12.0. The fraction of sp³-hybridized carbons (Fsp3) is 0.533. The molecule has 0 radical (unpaired) electrons. The Morgan fingerprint density at radius 2 is 2.05 bits per heavy atom. The van der Waals surface area contributed by atoms with Gasteiger partial charge >= 0.3 is 0 Å².